The Hall–Kier alpha value is -1.79. The van der Waals surface area contributed by atoms with Crippen LogP contribution in [0.5, 0.6) is 0 Å². The number of para-hydroxylation sites is 2. The van der Waals surface area contributed by atoms with Crippen molar-refractivity contribution in [2.45, 2.75) is 63.7 Å². The van der Waals surface area contributed by atoms with Crippen molar-refractivity contribution in [1.82, 2.24) is 19.4 Å². The Labute approximate surface area is 159 Å². The van der Waals surface area contributed by atoms with Crippen LogP contribution in [0.25, 0.3) is 11.0 Å². The first-order valence-electron chi connectivity index (χ1n) is 9.22. The van der Waals surface area contributed by atoms with Gasteiger partial charge in [-0.3, -0.25) is 4.57 Å². The fourth-order valence-corrected chi connectivity index (χ4v) is 4.63. The summed E-state index contributed by atoms with van der Waals surface area (Å²) in [4.78, 5) is 28.2. The van der Waals surface area contributed by atoms with E-state index in [9.17, 15) is 9.59 Å². The number of rotatable bonds is 2. The highest BCUT2D eigenvalue weighted by molar-refractivity contribution is 5.89. The molecule has 0 spiro atoms. The molecular formula is C19H27ClN4O2. The number of nitrogens with one attached hydrogen (secondary N) is 1. The van der Waals surface area contributed by atoms with Crippen molar-refractivity contribution in [2.75, 3.05) is 7.05 Å². The van der Waals surface area contributed by atoms with E-state index in [1.165, 1.54) is 17.4 Å². The standard InChI is InChI=1S/C19H26N4O2.ClH/c1-12(2)22-16-6-4-5-7-17(16)23(19(22)25)18(24)20-13-10-14-8-9-15(11-13)21(14)3;/h4-7,12-15H,8-11H2,1-3H3,(H,20,24);1H/t13?,14-,15+;. The molecule has 1 unspecified atom stereocenters. The Morgan fingerprint density at radius 3 is 2.27 bits per heavy atom. The molecular weight excluding hydrogens is 352 g/mol. The molecule has 6 nitrogen and oxygen atoms in total. The smallest absolute Gasteiger partial charge is 0.334 e. The molecule has 1 N–H and O–H groups in total. The molecule has 0 saturated carbocycles. The van der Waals surface area contributed by atoms with Crippen LogP contribution in [0.2, 0.25) is 0 Å². The lowest BCUT2D eigenvalue weighted by atomic mass is 9.98. The highest BCUT2D eigenvalue weighted by Crippen LogP contribution is 2.34. The molecule has 1 aromatic heterocycles. The normalized spacial score (nSPS) is 25.5. The summed E-state index contributed by atoms with van der Waals surface area (Å²) in [5.41, 5.74) is 1.22. The summed E-state index contributed by atoms with van der Waals surface area (Å²) < 4.78 is 2.99. The quantitative estimate of drug-likeness (QED) is 0.873. The number of halogens is 1. The summed E-state index contributed by atoms with van der Waals surface area (Å²) in [7, 11) is 2.18. The Balaban J connectivity index is 0.00000196. The molecule has 2 aliphatic heterocycles. The van der Waals surface area contributed by atoms with E-state index in [1.807, 2.05) is 38.1 Å². The molecule has 2 aliphatic rings. The largest absolute Gasteiger partial charge is 0.337 e. The molecule has 4 rings (SSSR count). The second kappa shape index (κ2) is 7.08. The van der Waals surface area contributed by atoms with Gasteiger partial charge < -0.3 is 10.2 Å². The van der Waals surface area contributed by atoms with Crippen molar-refractivity contribution in [3.63, 3.8) is 0 Å². The van der Waals surface area contributed by atoms with Crippen molar-refractivity contribution >= 4 is 29.5 Å². The number of benzene rings is 1. The van der Waals surface area contributed by atoms with Crippen LogP contribution in [0.15, 0.2) is 29.1 Å². The molecule has 26 heavy (non-hydrogen) atoms. The second-order valence-corrected chi connectivity index (χ2v) is 7.74. The summed E-state index contributed by atoms with van der Waals surface area (Å²) in [6.45, 7) is 3.93. The van der Waals surface area contributed by atoms with Crippen LogP contribution in [0, 0.1) is 0 Å². The zero-order chi connectivity index (χ0) is 17.7. The molecule has 0 aliphatic carbocycles. The fourth-order valence-electron chi connectivity index (χ4n) is 4.63. The molecule has 2 bridgehead atoms. The van der Waals surface area contributed by atoms with Crippen molar-refractivity contribution in [2.24, 2.45) is 0 Å². The summed E-state index contributed by atoms with van der Waals surface area (Å²) in [5.74, 6) is 0. The summed E-state index contributed by atoms with van der Waals surface area (Å²) in [6, 6.07) is 8.47. The van der Waals surface area contributed by atoms with E-state index in [-0.39, 0.29) is 36.2 Å². The third kappa shape index (κ3) is 2.95. The molecule has 3 atom stereocenters. The number of aromatic nitrogens is 2. The average Bonchev–Trinajstić information content (AvgIpc) is 2.95. The molecule has 142 valence electrons. The van der Waals surface area contributed by atoms with Crippen molar-refractivity contribution in [1.29, 1.82) is 0 Å². The number of piperidine rings is 1. The average molecular weight is 379 g/mol. The van der Waals surface area contributed by atoms with Crippen LogP contribution in [0.1, 0.15) is 45.6 Å². The number of hydrogen-bond donors (Lipinski definition) is 1. The van der Waals surface area contributed by atoms with Crippen LogP contribution < -0.4 is 11.0 Å². The molecule has 7 heteroatoms. The van der Waals surface area contributed by atoms with E-state index in [0.717, 1.165) is 18.4 Å². The van der Waals surface area contributed by atoms with Crippen LogP contribution in [-0.4, -0.2) is 45.2 Å². The van der Waals surface area contributed by atoms with Crippen LogP contribution in [-0.2, 0) is 0 Å². The van der Waals surface area contributed by atoms with Gasteiger partial charge in [0.1, 0.15) is 0 Å². The van der Waals surface area contributed by atoms with Crippen molar-refractivity contribution in [3.8, 4) is 0 Å². The predicted molar refractivity (Wildman–Crippen MR) is 105 cm³/mol. The number of carbonyl (C=O) groups excluding carboxylic acids is 1. The van der Waals surface area contributed by atoms with Crippen LogP contribution in [0.3, 0.4) is 0 Å². The minimum absolute atomic E-state index is 0. The van der Waals surface area contributed by atoms with Gasteiger partial charge in [0.15, 0.2) is 0 Å². The van der Waals surface area contributed by atoms with Gasteiger partial charge in [-0.1, -0.05) is 12.1 Å². The van der Waals surface area contributed by atoms with Crippen LogP contribution >= 0.6 is 12.4 Å². The number of hydrogen-bond acceptors (Lipinski definition) is 3. The van der Waals surface area contributed by atoms with Crippen molar-refractivity contribution in [3.05, 3.63) is 34.7 Å². The number of carbonyl (C=O) groups is 1. The number of fused-ring (bicyclic) bond motifs is 3. The first-order valence-corrected chi connectivity index (χ1v) is 9.22. The Bertz CT molecular complexity index is 858. The van der Waals surface area contributed by atoms with Gasteiger partial charge in [-0.2, -0.15) is 0 Å². The van der Waals surface area contributed by atoms with Gasteiger partial charge in [0.05, 0.1) is 11.0 Å². The van der Waals surface area contributed by atoms with Gasteiger partial charge >= 0.3 is 11.7 Å². The molecule has 1 aromatic carbocycles. The third-order valence-corrected chi connectivity index (χ3v) is 5.92. The van der Waals surface area contributed by atoms with E-state index < -0.39 is 0 Å². The van der Waals surface area contributed by atoms with E-state index in [0.29, 0.717) is 17.6 Å². The maximum absolute atomic E-state index is 12.9. The molecule has 2 fully saturated rings. The topological polar surface area (TPSA) is 59.3 Å². The Kier molecular flexibility index (Phi) is 5.17. The maximum atomic E-state index is 12.9. The monoisotopic (exact) mass is 378 g/mol. The van der Waals surface area contributed by atoms with E-state index in [4.69, 9.17) is 0 Å². The third-order valence-electron chi connectivity index (χ3n) is 5.92. The molecule has 2 saturated heterocycles. The number of imidazole rings is 1. The minimum Gasteiger partial charge on any atom is -0.334 e. The maximum Gasteiger partial charge on any atom is 0.337 e. The van der Waals surface area contributed by atoms with E-state index in [2.05, 4.69) is 17.3 Å². The summed E-state index contributed by atoms with van der Waals surface area (Å²) in [6.07, 6.45) is 4.35. The first-order chi connectivity index (χ1) is 12.0. The van der Waals surface area contributed by atoms with E-state index >= 15 is 0 Å². The van der Waals surface area contributed by atoms with Crippen LogP contribution in [0.4, 0.5) is 4.79 Å². The van der Waals surface area contributed by atoms with Gasteiger partial charge in [-0.25, -0.2) is 14.2 Å². The van der Waals surface area contributed by atoms with Crippen molar-refractivity contribution < 1.29 is 4.79 Å². The summed E-state index contributed by atoms with van der Waals surface area (Å²) in [5, 5.41) is 3.13. The number of amides is 1. The van der Waals surface area contributed by atoms with Gasteiger partial charge in [0.2, 0.25) is 0 Å². The highest BCUT2D eigenvalue weighted by atomic mass is 35.5. The van der Waals surface area contributed by atoms with Gasteiger partial charge in [0.25, 0.3) is 0 Å². The predicted octanol–water partition coefficient (Wildman–Crippen LogP) is 2.99. The van der Waals surface area contributed by atoms with Gasteiger partial charge in [-0.05, 0) is 58.7 Å². The van der Waals surface area contributed by atoms with E-state index in [1.54, 1.807) is 4.57 Å². The fraction of sp³-hybridized carbons (Fsp3) is 0.579. The number of nitrogens with zero attached hydrogens (tertiary/aromatic N) is 3. The molecule has 1 amide bonds. The lowest BCUT2D eigenvalue weighted by Gasteiger charge is -2.36. The molecule has 0 radical (unpaired) electrons. The molecule has 2 aromatic rings. The molecule has 3 heterocycles. The SMILES string of the molecule is CC(C)n1c(=O)n(C(=O)NC2C[C@H]3CC[C@@H](C2)N3C)c2ccccc21.Cl. The summed E-state index contributed by atoms with van der Waals surface area (Å²) >= 11 is 0. The lowest BCUT2D eigenvalue weighted by molar-refractivity contribution is 0.149. The second-order valence-electron chi connectivity index (χ2n) is 7.74. The zero-order valence-corrected chi connectivity index (χ0v) is 16.3. The Morgan fingerprint density at radius 2 is 1.69 bits per heavy atom. The van der Waals surface area contributed by atoms with Gasteiger partial charge in [-0.15, -0.1) is 12.4 Å². The zero-order valence-electron chi connectivity index (χ0n) is 15.5. The van der Waals surface area contributed by atoms with Gasteiger partial charge in [0, 0.05) is 24.2 Å². The first kappa shape index (κ1) is 19.0. The minimum atomic E-state index is -0.297. The Morgan fingerprint density at radius 1 is 1.12 bits per heavy atom. The highest BCUT2D eigenvalue weighted by Gasteiger charge is 2.39. The lowest BCUT2D eigenvalue weighted by Crippen LogP contribution is -2.50.